The highest BCUT2D eigenvalue weighted by Gasteiger charge is 2.35. The smallest absolute Gasteiger partial charge is 0.323 e. The molecule has 1 aromatic heterocycles. The summed E-state index contributed by atoms with van der Waals surface area (Å²) in [6, 6.07) is 12.2. The van der Waals surface area contributed by atoms with Crippen molar-refractivity contribution in [2.75, 3.05) is 16.8 Å². The van der Waals surface area contributed by atoms with Crippen LogP contribution in [0.4, 0.5) is 24.5 Å². The molecule has 31 heavy (non-hydrogen) atoms. The second kappa shape index (κ2) is 8.06. The van der Waals surface area contributed by atoms with Crippen LogP contribution >= 0.6 is 11.8 Å². The molecule has 1 atom stereocenters. The number of rotatable bonds is 4. The van der Waals surface area contributed by atoms with Crippen LogP contribution in [0.1, 0.15) is 12.5 Å². The molecule has 0 unspecified atom stereocenters. The van der Waals surface area contributed by atoms with E-state index in [-0.39, 0.29) is 17.9 Å². The van der Waals surface area contributed by atoms with Crippen LogP contribution in [-0.4, -0.2) is 38.8 Å². The van der Waals surface area contributed by atoms with E-state index >= 15 is 0 Å². The highest BCUT2D eigenvalue weighted by Crippen LogP contribution is 2.37. The minimum atomic E-state index is -4.56. The molecule has 0 fully saturated rings. The van der Waals surface area contributed by atoms with Crippen LogP contribution in [0.5, 0.6) is 0 Å². The highest BCUT2D eigenvalue weighted by atomic mass is 32.2. The average molecular weight is 447 g/mol. The van der Waals surface area contributed by atoms with Crippen molar-refractivity contribution in [3.63, 3.8) is 0 Å². The topological polar surface area (TPSA) is 91.0 Å². The van der Waals surface area contributed by atoms with Gasteiger partial charge < -0.3 is 5.32 Å². The number of alkyl halides is 3. The SMILES string of the molecule is C[C@@H](Sc1n[nH]c(-c2ccccc2)n1)C(=O)N1CC(=O)Nc2cc(C(F)(F)F)ccc21. The molecule has 1 aliphatic rings. The number of hydrogen-bond acceptors (Lipinski definition) is 5. The molecule has 0 spiro atoms. The van der Waals surface area contributed by atoms with Gasteiger partial charge in [0.2, 0.25) is 17.0 Å². The molecule has 0 aliphatic carbocycles. The molecule has 2 heterocycles. The zero-order chi connectivity index (χ0) is 22.2. The summed E-state index contributed by atoms with van der Waals surface area (Å²) in [4.78, 5) is 30.6. The van der Waals surface area contributed by atoms with Crippen LogP contribution in [0, 0.1) is 0 Å². The first-order chi connectivity index (χ1) is 14.7. The number of thioether (sulfide) groups is 1. The van der Waals surface area contributed by atoms with E-state index < -0.39 is 28.8 Å². The first-order valence-corrected chi connectivity index (χ1v) is 10.1. The summed E-state index contributed by atoms with van der Waals surface area (Å²) in [6.45, 7) is 1.34. The molecular weight excluding hydrogens is 431 g/mol. The van der Waals surface area contributed by atoms with E-state index in [4.69, 9.17) is 0 Å². The minimum absolute atomic E-state index is 0.0547. The molecule has 0 saturated carbocycles. The lowest BCUT2D eigenvalue weighted by atomic mass is 10.1. The van der Waals surface area contributed by atoms with E-state index in [2.05, 4.69) is 20.5 Å². The van der Waals surface area contributed by atoms with Gasteiger partial charge in [-0.15, -0.1) is 5.10 Å². The van der Waals surface area contributed by atoms with Crippen LogP contribution in [-0.2, 0) is 15.8 Å². The summed E-state index contributed by atoms with van der Waals surface area (Å²) in [5.41, 5.74) is 0.0891. The first-order valence-electron chi connectivity index (χ1n) is 9.19. The monoisotopic (exact) mass is 447 g/mol. The molecule has 11 heteroatoms. The number of aromatic nitrogens is 3. The molecule has 2 aromatic carbocycles. The van der Waals surface area contributed by atoms with Crippen LogP contribution in [0.15, 0.2) is 53.7 Å². The lowest BCUT2D eigenvalue weighted by Crippen LogP contribution is -2.45. The summed E-state index contributed by atoms with van der Waals surface area (Å²) < 4.78 is 39.0. The van der Waals surface area contributed by atoms with E-state index in [0.29, 0.717) is 11.0 Å². The van der Waals surface area contributed by atoms with E-state index in [1.165, 1.54) is 11.0 Å². The van der Waals surface area contributed by atoms with Gasteiger partial charge in [0.05, 0.1) is 22.2 Å². The Labute approximate surface area is 179 Å². The maximum absolute atomic E-state index is 13.0. The predicted molar refractivity (Wildman–Crippen MR) is 110 cm³/mol. The molecule has 0 bridgehead atoms. The molecule has 160 valence electrons. The Balaban J connectivity index is 1.53. The van der Waals surface area contributed by atoms with Gasteiger partial charge in [-0.25, -0.2) is 4.98 Å². The standard InChI is InChI=1S/C20H16F3N5O2S/c1-11(31-19-25-17(26-27-19)12-5-3-2-4-6-12)18(30)28-10-16(29)24-14-9-13(20(21,22)23)7-8-15(14)28/h2-9,11H,10H2,1H3,(H,24,29)(H,25,26,27)/t11-/m1/s1. The van der Waals surface area contributed by atoms with Gasteiger partial charge in [0.25, 0.3) is 0 Å². The number of carbonyl (C=O) groups is 2. The number of nitrogens with zero attached hydrogens (tertiary/aromatic N) is 3. The van der Waals surface area contributed by atoms with Crippen molar-refractivity contribution in [3.8, 4) is 11.4 Å². The van der Waals surface area contributed by atoms with Crippen LogP contribution in [0.3, 0.4) is 0 Å². The predicted octanol–water partition coefficient (Wildman–Crippen LogP) is 3.96. The largest absolute Gasteiger partial charge is 0.416 e. The Bertz CT molecular complexity index is 1130. The number of hydrogen-bond donors (Lipinski definition) is 2. The summed E-state index contributed by atoms with van der Waals surface area (Å²) in [5.74, 6) is -0.460. The molecule has 1 aliphatic heterocycles. The Hall–Kier alpha value is -3.34. The fraction of sp³-hybridized carbons (Fsp3) is 0.200. The molecule has 4 rings (SSSR count). The van der Waals surface area contributed by atoms with Gasteiger partial charge in [-0.05, 0) is 25.1 Å². The molecule has 7 nitrogen and oxygen atoms in total. The van der Waals surface area contributed by atoms with Gasteiger partial charge in [0, 0.05) is 5.56 Å². The summed E-state index contributed by atoms with van der Waals surface area (Å²) in [7, 11) is 0. The molecular formula is C20H16F3N5O2S. The zero-order valence-electron chi connectivity index (χ0n) is 16.1. The van der Waals surface area contributed by atoms with Crippen molar-refractivity contribution in [1.29, 1.82) is 0 Å². The van der Waals surface area contributed by atoms with Gasteiger partial charge in [-0.3, -0.25) is 19.6 Å². The number of halogens is 3. The fourth-order valence-corrected chi connectivity index (χ4v) is 3.90. The Kier molecular flexibility index (Phi) is 5.44. The van der Waals surface area contributed by atoms with Gasteiger partial charge in [-0.2, -0.15) is 13.2 Å². The molecule has 2 amide bonds. The third-order valence-electron chi connectivity index (χ3n) is 4.60. The van der Waals surface area contributed by atoms with Gasteiger partial charge >= 0.3 is 6.18 Å². The number of benzene rings is 2. The normalized spacial score (nSPS) is 14.7. The Morgan fingerprint density at radius 1 is 1.19 bits per heavy atom. The van der Waals surface area contributed by atoms with Crippen molar-refractivity contribution in [1.82, 2.24) is 15.2 Å². The van der Waals surface area contributed by atoms with Crippen LogP contribution < -0.4 is 10.2 Å². The van der Waals surface area contributed by atoms with E-state index in [9.17, 15) is 22.8 Å². The second-order valence-electron chi connectivity index (χ2n) is 6.79. The van der Waals surface area contributed by atoms with E-state index in [0.717, 1.165) is 29.5 Å². The van der Waals surface area contributed by atoms with Gasteiger partial charge in [0.1, 0.15) is 6.54 Å². The second-order valence-corrected chi connectivity index (χ2v) is 8.10. The maximum Gasteiger partial charge on any atom is 0.416 e. The number of aromatic amines is 1. The Morgan fingerprint density at radius 3 is 2.65 bits per heavy atom. The lowest BCUT2D eigenvalue weighted by Gasteiger charge is -2.31. The van der Waals surface area contributed by atoms with Crippen molar-refractivity contribution >= 4 is 35.0 Å². The quantitative estimate of drug-likeness (QED) is 0.591. The number of nitrogens with one attached hydrogen (secondary N) is 2. The summed E-state index contributed by atoms with van der Waals surface area (Å²) in [6.07, 6.45) is -4.56. The number of H-pyrrole nitrogens is 1. The lowest BCUT2D eigenvalue weighted by molar-refractivity contribution is -0.137. The van der Waals surface area contributed by atoms with Crippen molar-refractivity contribution < 1.29 is 22.8 Å². The maximum atomic E-state index is 13.0. The third kappa shape index (κ3) is 4.41. The highest BCUT2D eigenvalue weighted by molar-refractivity contribution is 8.00. The molecule has 0 saturated heterocycles. The molecule has 0 radical (unpaired) electrons. The van der Waals surface area contributed by atoms with Crippen molar-refractivity contribution in [2.45, 2.75) is 23.5 Å². The number of carbonyl (C=O) groups excluding carboxylic acids is 2. The number of fused-ring (bicyclic) bond motifs is 1. The zero-order valence-corrected chi connectivity index (χ0v) is 16.9. The summed E-state index contributed by atoms with van der Waals surface area (Å²) in [5, 5.41) is 8.98. The van der Waals surface area contributed by atoms with Crippen molar-refractivity contribution in [2.24, 2.45) is 0 Å². The van der Waals surface area contributed by atoms with Crippen molar-refractivity contribution in [3.05, 3.63) is 54.1 Å². The van der Waals surface area contributed by atoms with Crippen LogP contribution in [0.2, 0.25) is 0 Å². The Morgan fingerprint density at radius 2 is 1.94 bits per heavy atom. The molecule has 3 aromatic rings. The van der Waals surface area contributed by atoms with E-state index in [1.807, 2.05) is 30.3 Å². The van der Waals surface area contributed by atoms with E-state index in [1.54, 1.807) is 6.92 Å². The van der Waals surface area contributed by atoms with Crippen LogP contribution in [0.25, 0.3) is 11.4 Å². The summed E-state index contributed by atoms with van der Waals surface area (Å²) >= 11 is 1.09. The number of amides is 2. The molecule has 2 N–H and O–H groups in total. The van der Waals surface area contributed by atoms with Gasteiger partial charge in [-0.1, -0.05) is 42.1 Å². The first kappa shape index (κ1) is 20.9. The van der Waals surface area contributed by atoms with Gasteiger partial charge in [0.15, 0.2) is 5.82 Å². The fourth-order valence-electron chi connectivity index (χ4n) is 3.12. The average Bonchev–Trinajstić information content (AvgIpc) is 3.20. The third-order valence-corrected chi connectivity index (χ3v) is 5.55. The number of anilines is 2. The minimum Gasteiger partial charge on any atom is -0.323 e.